The van der Waals surface area contributed by atoms with Crippen molar-refractivity contribution in [2.45, 2.75) is 10.5 Å². The molecular weight excluding hydrogens is 267 g/mol. The van der Waals surface area contributed by atoms with Crippen LogP contribution in [0.2, 0.25) is 0 Å². The van der Waals surface area contributed by atoms with Crippen LogP contribution in [0.25, 0.3) is 0 Å². The van der Waals surface area contributed by atoms with Crippen LogP contribution >= 0.6 is 11.8 Å². The van der Waals surface area contributed by atoms with Gasteiger partial charge in [0.15, 0.2) is 0 Å². The van der Waals surface area contributed by atoms with Crippen molar-refractivity contribution in [3.63, 3.8) is 0 Å². The molecule has 0 bridgehead atoms. The van der Waals surface area contributed by atoms with Gasteiger partial charge in [-0.15, -0.1) is 0 Å². The summed E-state index contributed by atoms with van der Waals surface area (Å²) in [5.41, 5.74) is -4.54. The second-order valence-corrected chi connectivity index (χ2v) is 4.32. The third kappa shape index (κ3) is 4.92. The number of rotatable bonds is 5. The van der Waals surface area contributed by atoms with E-state index in [-0.39, 0.29) is 10.6 Å². The van der Waals surface area contributed by atoms with Crippen LogP contribution in [-0.4, -0.2) is 36.5 Å². The Kier molecular flexibility index (Phi) is 5.42. The predicted molar refractivity (Wildman–Crippen MR) is 62.4 cm³/mol. The minimum absolute atomic E-state index is 0.0732. The van der Waals surface area contributed by atoms with Crippen LogP contribution < -0.4 is 10.6 Å². The lowest BCUT2D eigenvalue weighted by atomic mass is 10.2. The number of nitrogens with one attached hydrogen (secondary N) is 2. The first-order valence-corrected chi connectivity index (χ1v) is 5.89. The molecule has 1 aromatic rings. The van der Waals surface area contributed by atoms with Gasteiger partial charge in [-0.2, -0.15) is 13.2 Å². The standard InChI is InChI=1S/C10H12F3N3OS/c1-14-5-6-15-8(17)7-3-2-4-16-9(7)18-10(11,12)13/h2-4,14H,5-6H2,1H3,(H,15,17). The second kappa shape index (κ2) is 6.60. The van der Waals surface area contributed by atoms with Gasteiger partial charge in [0.1, 0.15) is 5.03 Å². The Morgan fingerprint density at radius 3 is 2.78 bits per heavy atom. The quantitative estimate of drug-likeness (QED) is 0.635. The Bertz CT molecular complexity index is 412. The Labute approximate surface area is 106 Å². The van der Waals surface area contributed by atoms with Gasteiger partial charge in [0, 0.05) is 31.0 Å². The van der Waals surface area contributed by atoms with E-state index in [1.165, 1.54) is 18.3 Å². The van der Waals surface area contributed by atoms with E-state index < -0.39 is 23.2 Å². The second-order valence-electron chi connectivity index (χ2n) is 3.26. The van der Waals surface area contributed by atoms with E-state index in [0.29, 0.717) is 13.1 Å². The van der Waals surface area contributed by atoms with Crippen LogP contribution in [0.3, 0.4) is 0 Å². The number of aromatic nitrogens is 1. The largest absolute Gasteiger partial charge is 0.447 e. The van der Waals surface area contributed by atoms with Crippen molar-refractivity contribution in [1.82, 2.24) is 15.6 Å². The molecule has 8 heteroatoms. The zero-order valence-corrected chi connectivity index (χ0v) is 10.4. The van der Waals surface area contributed by atoms with Crippen molar-refractivity contribution >= 4 is 17.7 Å². The number of thioether (sulfide) groups is 1. The number of hydrogen-bond donors (Lipinski definition) is 2. The molecule has 0 saturated carbocycles. The maximum absolute atomic E-state index is 12.3. The molecule has 0 atom stereocenters. The summed E-state index contributed by atoms with van der Waals surface area (Å²) in [5, 5.41) is 4.97. The minimum atomic E-state index is -4.46. The van der Waals surface area contributed by atoms with Gasteiger partial charge in [-0.1, -0.05) is 0 Å². The molecule has 0 aliphatic carbocycles. The number of carbonyl (C=O) groups is 1. The zero-order valence-electron chi connectivity index (χ0n) is 9.54. The normalized spacial score (nSPS) is 11.3. The van der Waals surface area contributed by atoms with Gasteiger partial charge in [0.25, 0.3) is 5.91 Å². The molecule has 100 valence electrons. The van der Waals surface area contributed by atoms with Crippen LogP contribution in [-0.2, 0) is 0 Å². The van der Waals surface area contributed by atoms with Crippen molar-refractivity contribution in [2.75, 3.05) is 20.1 Å². The van der Waals surface area contributed by atoms with Crippen LogP contribution in [0, 0.1) is 0 Å². The molecule has 1 heterocycles. The van der Waals surface area contributed by atoms with Crippen molar-refractivity contribution < 1.29 is 18.0 Å². The zero-order chi connectivity index (χ0) is 13.6. The first kappa shape index (κ1) is 14.8. The third-order valence-electron chi connectivity index (χ3n) is 1.89. The molecular formula is C10H12F3N3OS. The van der Waals surface area contributed by atoms with Crippen molar-refractivity contribution in [1.29, 1.82) is 0 Å². The fourth-order valence-corrected chi connectivity index (χ4v) is 1.75. The molecule has 0 radical (unpaired) electrons. The Morgan fingerprint density at radius 2 is 2.17 bits per heavy atom. The Morgan fingerprint density at radius 1 is 1.44 bits per heavy atom. The van der Waals surface area contributed by atoms with Crippen molar-refractivity contribution in [3.8, 4) is 0 Å². The summed E-state index contributed by atoms with van der Waals surface area (Å²) >= 11 is -0.393. The molecule has 0 aromatic carbocycles. The van der Waals surface area contributed by atoms with E-state index in [9.17, 15) is 18.0 Å². The molecule has 0 saturated heterocycles. The molecule has 1 rings (SSSR count). The van der Waals surface area contributed by atoms with E-state index in [1.54, 1.807) is 7.05 Å². The van der Waals surface area contributed by atoms with Crippen LogP contribution in [0.15, 0.2) is 23.4 Å². The topological polar surface area (TPSA) is 54.0 Å². The highest BCUT2D eigenvalue weighted by Gasteiger charge is 2.32. The number of pyridine rings is 1. The highest BCUT2D eigenvalue weighted by Crippen LogP contribution is 2.37. The number of carbonyl (C=O) groups excluding carboxylic acids is 1. The van der Waals surface area contributed by atoms with Gasteiger partial charge in [0.05, 0.1) is 5.56 Å². The number of nitrogens with zero attached hydrogens (tertiary/aromatic N) is 1. The summed E-state index contributed by atoms with van der Waals surface area (Å²) in [7, 11) is 1.71. The average Bonchev–Trinajstić information content (AvgIpc) is 2.27. The number of hydrogen-bond acceptors (Lipinski definition) is 4. The van der Waals surface area contributed by atoms with Crippen LogP contribution in [0.4, 0.5) is 13.2 Å². The number of alkyl halides is 3. The summed E-state index contributed by atoms with van der Waals surface area (Å²) in [4.78, 5) is 15.2. The molecule has 0 aliphatic rings. The average molecular weight is 279 g/mol. The molecule has 4 nitrogen and oxygen atoms in total. The van der Waals surface area contributed by atoms with Crippen LogP contribution in [0.5, 0.6) is 0 Å². The van der Waals surface area contributed by atoms with E-state index in [1.807, 2.05) is 0 Å². The number of halogens is 3. The van der Waals surface area contributed by atoms with E-state index in [2.05, 4.69) is 15.6 Å². The number of amides is 1. The van der Waals surface area contributed by atoms with E-state index in [0.717, 1.165) is 0 Å². The van der Waals surface area contributed by atoms with Gasteiger partial charge in [0.2, 0.25) is 0 Å². The lowest BCUT2D eigenvalue weighted by Crippen LogP contribution is -2.30. The molecule has 18 heavy (non-hydrogen) atoms. The molecule has 1 aromatic heterocycles. The fraction of sp³-hybridized carbons (Fsp3) is 0.400. The maximum atomic E-state index is 12.3. The Balaban J connectivity index is 2.78. The van der Waals surface area contributed by atoms with Gasteiger partial charge in [-0.25, -0.2) is 4.98 Å². The highest BCUT2D eigenvalue weighted by atomic mass is 32.2. The lowest BCUT2D eigenvalue weighted by molar-refractivity contribution is -0.0329. The van der Waals surface area contributed by atoms with E-state index in [4.69, 9.17) is 0 Å². The minimum Gasteiger partial charge on any atom is -0.351 e. The van der Waals surface area contributed by atoms with Crippen LogP contribution in [0.1, 0.15) is 10.4 Å². The number of likely N-dealkylation sites (N-methyl/N-ethyl adjacent to an activating group) is 1. The summed E-state index contributed by atoms with van der Waals surface area (Å²) in [6, 6.07) is 2.74. The molecule has 2 N–H and O–H groups in total. The van der Waals surface area contributed by atoms with Gasteiger partial charge in [-0.3, -0.25) is 4.79 Å². The summed E-state index contributed by atoms with van der Waals surface area (Å²) in [6.07, 6.45) is 1.22. The fourth-order valence-electron chi connectivity index (χ4n) is 1.15. The van der Waals surface area contributed by atoms with Crippen molar-refractivity contribution in [3.05, 3.63) is 23.9 Å². The predicted octanol–water partition coefficient (Wildman–Crippen LogP) is 1.64. The maximum Gasteiger partial charge on any atom is 0.447 e. The first-order valence-electron chi connectivity index (χ1n) is 5.07. The first-order chi connectivity index (χ1) is 8.44. The molecule has 0 spiro atoms. The molecule has 1 amide bonds. The highest BCUT2D eigenvalue weighted by molar-refractivity contribution is 8.00. The van der Waals surface area contributed by atoms with Gasteiger partial charge >= 0.3 is 5.51 Å². The molecule has 0 fully saturated rings. The molecule has 0 unspecified atom stereocenters. The summed E-state index contributed by atoms with van der Waals surface area (Å²) in [6.45, 7) is 0.869. The van der Waals surface area contributed by atoms with Crippen molar-refractivity contribution in [2.24, 2.45) is 0 Å². The smallest absolute Gasteiger partial charge is 0.351 e. The van der Waals surface area contributed by atoms with Gasteiger partial charge < -0.3 is 10.6 Å². The third-order valence-corrected chi connectivity index (χ3v) is 2.64. The van der Waals surface area contributed by atoms with E-state index >= 15 is 0 Å². The summed E-state index contributed by atoms with van der Waals surface area (Å²) in [5.74, 6) is -0.565. The summed E-state index contributed by atoms with van der Waals surface area (Å²) < 4.78 is 36.8. The Hall–Kier alpha value is -1.28. The lowest BCUT2D eigenvalue weighted by Gasteiger charge is -2.10. The SMILES string of the molecule is CNCCNC(=O)c1cccnc1SC(F)(F)F. The van der Waals surface area contributed by atoms with Gasteiger partial charge in [-0.05, 0) is 19.2 Å². The molecule has 0 aliphatic heterocycles. The monoisotopic (exact) mass is 279 g/mol.